The molecule has 2 rings (SSSR count). The van der Waals surface area contributed by atoms with Crippen molar-refractivity contribution in [3.8, 4) is 0 Å². The van der Waals surface area contributed by atoms with Gasteiger partial charge in [0.1, 0.15) is 0 Å². The molecule has 0 amide bonds. The van der Waals surface area contributed by atoms with Crippen LogP contribution in [0.2, 0.25) is 0 Å². The molecule has 21 heavy (non-hydrogen) atoms. The number of anilines is 2. The van der Waals surface area contributed by atoms with Crippen LogP contribution in [0.4, 0.5) is 17.1 Å². The molecule has 0 aliphatic rings. The predicted octanol–water partition coefficient (Wildman–Crippen LogP) is 3.83. The first-order chi connectivity index (χ1) is 9.99. The van der Waals surface area contributed by atoms with E-state index in [1.165, 1.54) is 6.07 Å². The Morgan fingerprint density at radius 1 is 1.14 bits per heavy atom. The minimum Gasteiger partial charge on any atom is -0.378 e. The lowest BCUT2D eigenvalue weighted by Gasteiger charge is -2.18. The van der Waals surface area contributed by atoms with Crippen molar-refractivity contribution in [2.45, 2.75) is 13.0 Å². The molecule has 0 aliphatic carbocycles. The van der Waals surface area contributed by atoms with E-state index in [2.05, 4.69) is 5.32 Å². The smallest absolute Gasteiger partial charge is 0.274 e. The zero-order valence-electron chi connectivity index (χ0n) is 12.4. The zero-order valence-corrected chi connectivity index (χ0v) is 12.4. The van der Waals surface area contributed by atoms with E-state index in [-0.39, 0.29) is 16.7 Å². The van der Waals surface area contributed by atoms with E-state index in [0.717, 1.165) is 11.4 Å². The van der Waals surface area contributed by atoms with Crippen LogP contribution in [0.25, 0.3) is 0 Å². The molecule has 1 unspecified atom stereocenters. The van der Waals surface area contributed by atoms with E-state index in [1.54, 1.807) is 12.1 Å². The molecule has 2 aromatic rings. The Hall–Kier alpha value is -2.56. The Morgan fingerprint density at radius 2 is 1.86 bits per heavy atom. The van der Waals surface area contributed by atoms with Gasteiger partial charge in [-0.1, -0.05) is 24.3 Å². The van der Waals surface area contributed by atoms with Crippen molar-refractivity contribution in [3.05, 3.63) is 64.2 Å². The molecule has 0 fully saturated rings. The van der Waals surface area contributed by atoms with Crippen LogP contribution in [0.15, 0.2) is 48.5 Å². The fourth-order valence-electron chi connectivity index (χ4n) is 2.22. The van der Waals surface area contributed by atoms with Gasteiger partial charge in [-0.2, -0.15) is 0 Å². The third-order valence-corrected chi connectivity index (χ3v) is 3.35. The Labute approximate surface area is 124 Å². The molecule has 0 heterocycles. The van der Waals surface area contributed by atoms with Crippen LogP contribution in [0.5, 0.6) is 0 Å². The van der Waals surface area contributed by atoms with Gasteiger partial charge in [0.05, 0.1) is 16.5 Å². The summed E-state index contributed by atoms with van der Waals surface area (Å²) in [6.07, 6.45) is 0. The van der Waals surface area contributed by atoms with Crippen LogP contribution in [0.1, 0.15) is 18.5 Å². The summed E-state index contributed by atoms with van der Waals surface area (Å²) in [5, 5.41) is 14.4. The van der Waals surface area contributed by atoms with Crippen molar-refractivity contribution in [2.75, 3.05) is 24.3 Å². The maximum atomic E-state index is 11.1. The number of hydrogen-bond acceptors (Lipinski definition) is 4. The fourth-order valence-corrected chi connectivity index (χ4v) is 2.22. The first-order valence-electron chi connectivity index (χ1n) is 6.76. The average Bonchev–Trinajstić information content (AvgIpc) is 2.47. The summed E-state index contributed by atoms with van der Waals surface area (Å²) in [6.45, 7) is 1.92. The van der Waals surface area contributed by atoms with Crippen molar-refractivity contribution < 1.29 is 4.92 Å². The largest absolute Gasteiger partial charge is 0.378 e. The first kappa shape index (κ1) is 14.8. The van der Waals surface area contributed by atoms with Gasteiger partial charge in [-0.3, -0.25) is 10.1 Å². The highest BCUT2D eigenvalue weighted by atomic mass is 16.6. The quantitative estimate of drug-likeness (QED) is 0.670. The number of benzene rings is 2. The SMILES string of the molecule is CC(Nc1cccc(N(C)C)c1)c1ccccc1[N+](=O)[O-]. The molecule has 0 aromatic heterocycles. The lowest BCUT2D eigenvalue weighted by molar-refractivity contribution is -0.385. The Bertz CT molecular complexity index is 641. The van der Waals surface area contributed by atoms with Crippen LogP contribution >= 0.6 is 0 Å². The first-order valence-corrected chi connectivity index (χ1v) is 6.76. The van der Waals surface area contributed by atoms with Crippen LogP contribution in [-0.2, 0) is 0 Å². The van der Waals surface area contributed by atoms with Crippen LogP contribution in [-0.4, -0.2) is 19.0 Å². The molecule has 5 heteroatoms. The molecular weight excluding hydrogens is 266 g/mol. The third-order valence-electron chi connectivity index (χ3n) is 3.35. The molecule has 0 saturated carbocycles. The van der Waals surface area contributed by atoms with Crippen molar-refractivity contribution in [1.82, 2.24) is 0 Å². The van der Waals surface area contributed by atoms with E-state index in [4.69, 9.17) is 0 Å². The van der Waals surface area contributed by atoms with E-state index in [9.17, 15) is 10.1 Å². The van der Waals surface area contributed by atoms with E-state index < -0.39 is 0 Å². The second kappa shape index (κ2) is 6.26. The summed E-state index contributed by atoms with van der Waals surface area (Å²) in [6, 6.07) is 14.6. The van der Waals surface area contributed by atoms with Crippen molar-refractivity contribution >= 4 is 17.1 Å². The summed E-state index contributed by atoms with van der Waals surface area (Å²) >= 11 is 0. The zero-order chi connectivity index (χ0) is 15.4. The minimum atomic E-state index is -0.343. The maximum Gasteiger partial charge on any atom is 0.274 e. The highest BCUT2D eigenvalue weighted by Crippen LogP contribution is 2.28. The summed E-state index contributed by atoms with van der Waals surface area (Å²) in [5.74, 6) is 0. The molecule has 0 spiro atoms. The van der Waals surface area contributed by atoms with Gasteiger partial charge in [-0.25, -0.2) is 0 Å². The van der Waals surface area contributed by atoms with E-state index >= 15 is 0 Å². The van der Waals surface area contributed by atoms with Gasteiger partial charge in [-0.15, -0.1) is 0 Å². The number of hydrogen-bond donors (Lipinski definition) is 1. The lowest BCUT2D eigenvalue weighted by atomic mass is 10.1. The molecule has 0 bridgehead atoms. The van der Waals surface area contributed by atoms with Crippen molar-refractivity contribution in [2.24, 2.45) is 0 Å². The normalized spacial score (nSPS) is 11.8. The summed E-state index contributed by atoms with van der Waals surface area (Å²) in [7, 11) is 3.95. The summed E-state index contributed by atoms with van der Waals surface area (Å²) in [4.78, 5) is 12.8. The molecule has 0 aliphatic heterocycles. The number of nitro groups is 1. The molecule has 2 aromatic carbocycles. The Kier molecular flexibility index (Phi) is 4.42. The van der Waals surface area contributed by atoms with E-state index in [0.29, 0.717) is 5.56 Å². The van der Waals surface area contributed by atoms with Crippen LogP contribution < -0.4 is 10.2 Å². The van der Waals surface area contributed by atoms with Gasteiger partial charge in [-0.05, 0) is 25.1 Å². The van der Waals surface area contributed by atoms with E-state index in [1.807, 2.05) is 56.3 Å². The molecular formula is C16H19N3O2. The monoisotopic (exact) mass is 285 g/mol. The number of para-hydroxylation sites is 1. The molecule has 1 N–H and O–H groups in total. The number of rotatable bonds is 5. The lowest BCUT2D eigenvalue weighted by Crippen LogP contribution is -2.11. The highest BCUT2D eigenvalue weighted by Gasteiger charge is 2.17. The second-order valence-electron chi connectivity index (χ2n) is 5.13. The van der Waals surface area contributed by atoms with Crippen LogP contribution in [0, 0.1) is 10.1 Å². The number of nitrogens with one attached hydrogen (secondary N) is 1. The summed E-state index contributed by atoms with van der Waals surface area (Å²) in [5.41, 5.74) is 2.83. The van der Waals surface area contributed by atoms with Gasteiger partial charge < -0.3 is 10.2 Å². The van der Waals surface area contributed by atoms with Gasteiger partial charge in [0, 0.05) is 31.5 Å². The highest BCUT2D eigenvalue weighted by molar-refractivity contribution is 5.58. The topological polar surface area (TPSA) is 58.4 Å². The fraction of sp³-hybridized carbons (Fsp3) is 0.250. The van der Waals surface area contributed by atoms with Gasteiger partial charge in [0.15, 0.2) is 0 Å². The number of nitrogens with zero attached hydrogens (tertiary/aromatic N) is 2. The van der Waals surface area contributed by atoms with Crippen molar-refractivity contribution in [3.63, 3.8) is 0 Å². The molecule has 5 nitrogen and oxygen atoms in total. The summed E-state index contributed by atoms with van der Waals surface area (Å²) < 4.78 is 0. The second-order valence-corrected chi connectivity index (χ2v) is 5.13. The third kappa shape index (κ3) is 3.51. The standard InChI is InChI=1S/C16H19N3O2/c1-12(15-9-4-5-10-16(15)19(20)21)17-13-7-6-8-14(11-13)18(2)3/h4-12,17H,1-3H3. The number of nitro benzene ring substituents is 1. The van der Waals surface area contributed by atoms with Crippen molar-refractivity contribution in [1.29, 1.82) is 0 Å². The molecule has 1 atom stereocenters. The minimum absolute atomic E-state index is 0.140. The predicted molar refractivity (Wildman–Crippen MR) is 85.9 cm³/mol. The maximum absolute atomic E-state index is 11.1. The average molecular weight is 285 g/mol. The van der Waals surface area contributed by atoms with Gasteiger partial charge in [0.2, 0.25) is 0 Å². The molecule has 0 radical (unpaired) electrons. The van der Waals surface area contributed by atoms with Crippen LogP contribution in [0.3, 0.4) is 0 Å². The Balaban J connectivity index is 2.24. The molecule has 110 valence electrons. The van der Waals surface area contributed by atoms with Gasteiger partial charge >= 0.3 is 0 Å². The Morgan fingerprint density at radius 3 is 2.52 bits per heavy atom. The molecule has 0 saturated heterocycles. The van der Waals surface area contributed by atoms with Gasteiger partial charge in [0.25, 0.3) is 5.69 Å².